The molecule has 454 valence electrons. The van der Waals surface area contributed by atoms with Crippen molar-refractivity contribution in [1.29, 1.82) is 0 Å². The highest BCUT2D eigenvalue weighted by molar-refractivity contribution is 7.85. The molecule has 1 aromatic heterocycles. The van der Waals surface area contributed by atoms with Gasteiger partial charge in [-0.15, -0.1) is 0 Å². The minimum atomic E-state index is -4.67. The van der Waals surface area contributed by atoms with E-state index in [0.29, 0.717) is 78.8 Å². The average Bonchev–Trinajstić information content (AvgIpc) is 1.69. The number of rotatable bonds is 29. The van der Waals surface area contributed by atoms with Crippen LogP contribution < -0.4 is 40.6 Å². The number of aliphatic carboxylic acids is 1. The second-order valence-corrected chi connectivity index (χ2v) is 24.4. The smallest absolute Gasteiger partial charge is 0.319 e. The summed E-state index contributed by atoms with van der Waals surface area (Å²) in [5.74, 6) is 0.0257. The van der Waals surface area contributed by atoms with Crippen molar-refractivity contribution in [2.75, 3.05) is 50.2 Å². The summed E-state index contributed by atoms with van der Waals surface area (Å²) >= 11 is 6.62. The average molecular weight is 1200 g/mol. The molecule has 85 heavy (non-hydrogen) atoms. The minimum absolute atomic E-state index is 0.0233. The van der Waals surface area contributed by atoms with Crippen molar-refractivity contribution in [2.24, 2.45) is 0 Å². The molecule has 0 aliphatic carbocycles. The Bertz CT molecular complexity index is 3570. The Morgan fingerprint density at radius 1 is 0.835 bits per heavy atom. The van der Waals surface area contributed by atoms with Crippen LogP contribution in [0, 0.1) is 13.8 Å². The number of fused-ring (bicyclic) bond motifs is 2. The molecule has 0 saturated heterocycles. The van der Waals surface area contributed by atoms with Gasteiger partial charge in [-0.05, 0) is 133 Å². The normalized spacial score (nSPS) is 15.1. The number of carboxylic acid groups (broad SMARTS) is 1. The summed E-state index contributed by atoms with van der Waals surface area (Å²) in [5.41, 5.74) is 7.64. The van der Waals surface area contributed by atoms with Gasteiger partial charge in [-0.2, -0.15) is 4.58 Å². The summed E-state index contributed by atoms with van der Waals surface area (Å²) in [5, 5.41) is 18.6. The van der Waals surface area contributed by atoms with E-state index >= 15 is 0 Å². The molecule has 4 aromatic carbocycles. The van der Waals surface area contributed by atoms with E-state index in [4.69, 9.17) is 25.8 Å². The topological polar surface area (TPSA) is 221 Å². The standard InChI is InChI=1S/C66H81ClN6O11S/c1-10-82-47-25-22-24-46(39-47)53(41-60(75)76)69-64(78)70-61-62(45(4)42-72(63(61)77)43-49-52(67)26-23-27-56(49)83-11-2)84-37-21-13-12-19-35-68-59(74)30-18-15-20-36-73-55-34-32-48(85(79,80)81)40-51(55)66(7,8)58(73)29-17-14-16-28-57-65(5,6)50-38-44(3)31-33-54(50)71(57)9/h14,16-17,22-29,31-34,38-40,42,53H,10-13,15,18-21,30,35-37,41,43H2,1-9H3,(H4-,68,69,70,74,75,76,78,79,80,81)/t53-/m0/s1. The number of carbonyl (C=O) groups is 3. The number of aromatic nitrogens is 1. The molecular weight excluding hydrogens is 1120 g/mol. The van der Waals surface area contributed by atoms with Crippen LogP contribution in [0.1, 0.15) is 139 Å². The number of carboxylic acids is 1. The van der Waals surface area contributed by atoms with E-state index in [0.717, 1.165) is 49.1 Å². The molecule has 5 aromatic rings. The van der Waals surface area contributed by atoms with Gasteiger partial charge < -0.3 is 49.3 Å². The first-order valence-electron chi connectivity index (χ1n) is 29.2. The number of aryl methyl sites for hydroxylation is 2. The fourth-order valence-electron chi connectivity index (χ4n) is 11.2. The van der Waals surface area contributed by atoms with Crippen LogP contribution in [0.4, 0.5) is 21.9 Å². The number of carbonyl (C=O) groups excluding carboxylic acids is 2. The van der Waals surface area contributed by atoms with Gasteiger partial charge in [-0.3, -0.25) is 14.4 Å². The first kappa shape index (κ1) is 64.9. The molecule has 0 bridgehead atoms. The Morgan fingerprint density at radius 3 is 2.32 bits per heavy atom. The summed E-state index contributed by atoms with van der Waals surface area (Å²) in [6.07, 6.45) is 17.0. The van der Waals surface area contributed by atoms with E-state index in [1.165, 1.54) is 39.2 Å². The molecule has 0 spiro atoms. The largest absolute Gasteiger partial charge is 0.744 e. The van der Waals surface area contributed by atoms with Gasteiger partial charge in [0.05, 0.1) is 49.1 Å². The van der Waals surface area contributed by atoms with Gasteiger partial charge >= 0.3 is 12.0 Å². The number of pyridine rings is 1. The van der Waals surface area contributed by atoms with Gasteiger partial charge in [0.1, 0.15) is 28.7 Å². The molecule has 17 nitrogen and oxygen atoms in total. The molecule has 0 radical (unpaired) electrons. The van der Waals surface area contributed by atoms with E-state index in [1.807, 2.05) is 45.9 Å². The molecule has 0 unspecified atom stereocenters. The Hall–Kier alpha value is -7.67. The Kier molecular flexibility index (Phi) is 22.1. The fourth-order valence-corrected chi connectivity index (χ4v) is 12.0. The molecular formula is C66H81ClN6O11S. The molecule has 7 rings (SSSR count). The number of benzene rings is 4. The Morgan fingerprint density at radius 2 is 1.58 bits per heavy atom. The lowest BCUT2D eigenvalue weighted by atomic mass is 9.81. The zero-order chi connectivity index (χ0) is 61.6. The molecule has 19 heteroatoms. The number of urea groups is 1. The number of anilines is 2. The van der Waals surface area contributed by atoms with Crippen LogP contribution in [0.5, 0.6) is 17.2 Å². The number of nitrogens with zero attached hydrogens (tertiary/aromatic N) is 3. The van der Waals surface area contributed by atoms with Crippen LogP contribution in [0.3, 0.4) is 0 Å². The predicted molar refractivity (Wildman–Crippen MR) is 334 cm³/mol. The highest BCUT2D eigenvalue weighted by atomic mass is 35.5. The van der Waals surface area contributed by atoms with Gasteiger partial charge in [0.25, 0.3) is 5.56 Å². The number of halogens is 1. The molecule has 3 amide bonds. The van der Waals surface area contributed by atoms with Crippen LogP contribution in [0.2, 0.25) is 5.02 Å². The zero-order valence-corrected chi connectivity index (χ0v) is 51.9. The highest BCUT2D eigenvalue weighted by Crippen LogP contribution is 2.49. The van der Waals surface area contributed by atoms with E-state index < -0.39 is 45.6 Å². The maximum Gasteiger partial charge on any atom is 0.319 e. The van der Waals surface area contributed by atoms with Crippen molar-refractivity contribution in [3.05, 3.63) is 170 Å². The van der Waals surface area contributed by atoms with Gasteiger partial charge in [-0.25, -0.2) is 13.2 Å². The fraction of sp³-hybridized carbons (Fsp3) is 0.409. The minimum Gasteiger partial charge on any atom is -0.744 e. The predicted octanol–water partition coefficient (Wildman–Crippen LogP) is 12.3. The summed E-state index contributed by atoms with van der Waals surface area (Å²) in [7, 11) is -2.58. The van der Waals surface area contributed by atoms with Gasteiger partial charge in [-0.1, -0.05) is 92.8 Å². The second kappa shape index (κ2) is 28.9. The molecule has 0 fully saturated rings. The lowest BCUT2D eigenvalue weighted by Gasteiger charge is -2.27. The summed E-state index contributed by atoms with van der Waals surface area (Å²) in [4.78, 5) is 55.0. The molecule has 3 heterocycles. The third-order valence-electron chi connectivity index (χ3n) is 15.6. The summed E-state index contributed by atoms with van der Waals surface area (Å²) in [6, 6.07) is 21.4. The van der Waals surface area contributed by atoms with E-state index in [1.54, 1.807) is 61.7 Å². The van der Waals surface area contributed by atoms with Crippen molar-refractivity contribution in [2.45, 2.75) is 141 Å². The Balaban J connectivity index is 0.908. The number of hydrogen-bond acceptors (Lipinski definition) is 11. The van der Waals surface area contributed by atoms with E-state index in [-0.39, 0.29) is 40.8 Å². The van der Waals surface area contributed by atoms with Crippen LogP contribution in [-0.2, 0) is 37.1 Å². The number of allylic oxidation sites excluding steroid dienone is 6. The highest BCUT2D eigenvalue weighted by Gasteiger charge is 2.43. The van der Waals surface area contributed by atoms with Crippen molar-refractivity contribution in [1.82, 2.24) is 15.2 Å². The van der Waals surface area contributed by atoms with Crippen molar-refractivity contribution >= 4 is 62.4 Å². The van der Waals surface area contributed by atoms with Crippen molar-refractivity contribution in [3.8, 4) is 17.2 Å². The number of amides is 3. The third kappa shape index (κ3) is 16.2. The molecule has 4 N–H and O–H groups in total. The van der Waals surface area contributed by atoms with Crippen LogP contribution in [-0.4, -0.2) is 90.8 Å². The third-order valence-corrected chi connectivity index (χ3v) is 16.8. The SMILES string of the molecule is CCOc1cccc([C@H](CC(=O)O)NC(=O)Nc2c(OCCCCCCNC(=O)CCCCCN3C(=CC=CC=CC4=[N+](C)c5ccc(C)cc5C4(C)C)C(C)(C)c4cc(S(=O)(=O)[O-])ccc43)c(C)cn(Cc3c(Cl)cccc3OCC)c2=O)c1. The van der Waals surface area contributed by atoms with E-state index in [9.17, 15) is 37.3 Å². The number of nitrogens with one attached hydrogen (secondary N) is 3. The van der Waals surface area contributed by atoms with Gasteiger partial charge in [0.2, 0.25) is 11.6 Å². The summed E-state index contributed by atoms with van der Waals surface area (Å²) in [6.45, 7) is 18.2. The molecule has 1 atom stereocenters. The maximum absolute atomic E-state index is 14.3. The van der Waals surface area contributed by atoms with E-state index in [2.05, 4.69) is 83.6 Å². The Labute approximate surface area is 505 Å². The molecule has 2 aliphatic heterocycles. The lowest BCUT2D eigenvalue weighted by molar-refractivity contribution is -0.401. The first-order valence-corrected chi connectivity index (χ1v) is 31.0. The van der Waals surface area contributed by atoms with Crippen LogP contribution in [0.25, 0.3) is 0 Å². The van der Waals surface area contributed by atoms with Crippen molar-refractivity contribution in [3.63, 3.8) is 0 Å². The molecule has 2 aliphatic rings. The van der Waals surface area contributed by atoms with Crippen molar-refractivity contribution < 1.29 is 51.2 Å². The van der Waals surface area contributed by atoms with Gasteiger partial charge in [0.15, 0.2) is 17.1 Å². The maximum atomic E-state index is 14.3. The number of hydrogen-bond donors (Lipinski definition) is 4. The van der Waals surface area contributed by atoms with Gasteiger partial charge in [0, 0.05) is 76.4 Å². The number of unbranched alkanes of at least 4 members (excludes halogenated alkanes) is 5. The quantitative estimate of drug-likeness (QED) is 0.0152. The van der Waals surface area contributed by atoms with Crippen LogP contribution in [0.15, 0.2) is 131 Å². The number of ether oxygens (including phenoxy) is 3. The molecule has 0 saturated carbocycles. The summed E-state index contributed by atoms with van der Waals surface area (Å²) < 4.78 is 57.7. The zero-order valence-electron chi connectivity index (χ0n) is 50.3. The monoisotopic (exact) mass is 1200 g/mol. The lowest BCUT2D eigenvalue weighted by Crippen LogP contribution is -2.36. The first-order chi connectivity index (χ1) is 40.5. The van der Waals surface area contributed by atoms with Crippen LogP contribution >= 0.6 is 11.6 Å². The second-order valence-electron chi connectivity index (χ2n) is 22.6.